The van der Waals surface area contributed by atoms with Gasteiger partial charge < -0.3 is 26.2 Å². The fourth-order valence-corrected chi connectivity index (χ4v) is 4.56. The first-order valence-electron chi connectivity index (χ1n) is 11.7. The lowest BCUT2D eigenvalue weighted by atomic mass is 10.0. The van der Waals surface area contributed by atoms with Gasteiger partial charge in [-0.1, -0.05) is 37.2 Å². The summed E-state index contributed by atoms with van der Waals surface area (Å²) in [5, 5.41) is 38.9. The maximum Gasteiger partial charge on any atom is 0.225 e. The van der Waals surface area contributed by atoms with E-state index in [0.717, 1.165) is 31.6 Å². The van der Waals surface area contributed by atoms with Crippen molar-refractivity contribution in [1.29, 1.82) is 0 Å². The molecule has 1 aliphatic carbocycles. The van der Waals surface area contributed by atoms with Crippen molar-refractivity contribution in [1.82, 2.24) is 35.6 Å². The molecule has 13 heteroatoms. The fraction of sp³-hybridized carbons (Fsp3) is 0.714. The minimum absolute atomic E-state index is 0.133. The topological polar surface area (TPSA) is 167 Å². The van der Waals surface area contributed by atoms with Gasteiger partial charge in [0.1, 0.15) is 6.10 Å². The number of rotatable bonds is 12. The zero-order valence-corrected chi connectivity index (χ0v) is 20.6. The van der Waals surface area contributed by atoms with Crippen LogP contribution in [0.5, 0.6) is 0 Å². The standard InChI is InChI=1S/C21H34N8O4S/c1-4-6-8-23-18-15-19(26-21(25-18)34-10-5-2)29(28-27-15)13-11-12(16(31)17(13)32)20(33)24-9-7-14(30)22-3/h12-13,16-17,31-32H,4-11H2,1-3H3,(H,22,30)(H,24,33)(H,23,25,26). The molecule has 0 bridgehead atoms. The Morgan fingerprint density at radius 3 is 2.65 bits per heavy atom. The third kappa shape index (κ3) is 5.94. The molecule has 2 aromatic rings. The van der Waals surface area contributed by atoms with Gasteiger partial charge in [0.15, 0.2) is 22.1 Å². The molecule has 4 atom stereocenters. The zero-order valence-electron chi connectivity index (χ0n) is 19.8. The summed E-state index contributed by atoms with van der Waals surface area (Å²) in [6.07, 6.45) is 0.762. The first-order chi connectivity index (χ1) is 16.4. The third-order valence-corrected chi connectivity index (χ3v) is 6.85. The van der Waals surface area contributed by atoms with Crippen molar-refractivity contribution in [2.24, 2.45) is 5.92 Å². The normalized spacial score (nSPS) is 22.1. The summed E-state index contributed by atoms with van der Waals surface area (Å²) in [6.45, 7) is 5.06. The number of nitrogens with one attached hydrogen (secondary N) is 3. The van der Waals surface area contributed by atoms with E-state index in [1.807, 2.05) is 0 Å². The second kappa shape index (κ2) is 12.3. The average Bonchev–Trinajstić information content (AvgIpc) is 3.38. The van der Waals surface area contributed by atoms with Crippen LogP contribution in [-0.2, 0) is 9.59 Å². The van der Waals surface area contributed by atoms with Crippen LogP contribution < -0.4 is 16.0 Å². The number of carbonyl (C=O) groups is 2. The molecule has 4 unspecified atom stereocenters. The molecule has 2 amide bonds. The molecular formula is C21H34N8O4S. The summed E-state index contributed by atoms with van der Waals surface area (Å²) in [6, 6.07) is -0.683. The second-order valence-corrected chi connectivity index (χ2v) is 9.36. The monoisotopic (exact) mass is 494 g/mol. The van der Waals surface area contributed by atoms with Crippen LogP contribution in [0.15, 0.2) is 5.16 Å². The first kappa shape index (κ1) is 26.1. The molecule has 0 spiro atoms. The molecule has 3 rings (SSSR count). The summed E-state index contributed by atoms with van der Waals surface area (Å²) < 4.78 is 1.49. The van der Waals surface area contributed by atoms with Crippen LogP contribution in [0.4, 0.5) is 5.82 Å². The van der Waals surface area contributed by atoms with E-state index in [2.05, 4.69) is 50.1 Å². The van der Waals surface area contributed by atoms with Crippen LogP contribution in [-0.4, -0.2) is 85.1 Å². The van der Waals surface area contributed by atoms with Crippen molar-refractivity contribution < 1.29 is 19.8 Å². The van der Waals surface area contributed by atoms with E-state index in [4.69, 9.17) is 0 Å². The van der Waals surface area contributed by atoms with Gasteiger partial charge in [0.25, 0.3) is 0 Å². The Hall–Kier alpha value is -2.51. The number of aliphatic hydroxyl groups is 2. The third-order valence-electron chi connectivity index (χ3n) is 5.79. The number of carbonyl (C=O) groups excluding carboxylic acids is 2. The van der Waals surface area contributed by atoms with E-state index in [1.54, 1.807) is 0 Å². The zero-order chi connectivity index (χ0) is 24.7. The maximum absolute atomic E-state index is 12.6. The number of fused-ring (bicyclic) bond motifs is 1. The number of nitrogens with zero attached hydrogens (tertiary/aromatic N) is 5. The Balaban J connectivity index is 1.83. The minimum Gasteiger partial charge on any atom is -0.390 e. The van der Waals surface area contributed by atoms with E-state index >= 15 is 0 Å². The highest BCUT2D eigenvalue weighted by molar-refractivity contribution is 7.99. The van der Waals surface area contributed by atoms with Gasteiger partial charge in [0.2, 0.25) is 11.8 Å². The Bertz CT molecular complexity index is 987. The number of aromatic nitrogens is 5. The van der Waals surface area contributed by atoms with E-state index in [-0.39, 0.29) is 25.3 Å². The van der Waals surface area contributed by atoms with Crippen molar-refractivity contribution in [3.05, 3.63) is 0 Å². The Kier molecular flexibility index (Phi) is 9.42. The number of aliphatic hydroxyl groups excluding tert-OH is 2. The van der Waals surface area contributed by atoms with Crippen LogP contribution in [0.2, 0.25) is 0 Å². The number of amides is 2. The minimum atomic E-state index is -1.28. The van der Waals surface area contributed by atoms with E-state index in [1.165, 1.54) is 23.5 Å². The molecule has 2 heterocycles. The largest absolute Gasteiger partial charge is 0.390 e. The molecule has 0 saturated heterocycles. The van der Waals surface area contributed by atoms with Gasteiger partial charge in [-0.05, 0) is 19.3 Å². The highest BCUT2D eigenvalue weighted by atomic mass is 32.2. The maximum atomic E-state index is 12.6. The molecule has 0 aliphatic heterocycles. The van der Waals surface area contributed by atoms with Crippen molar-refractivity contribution in [2.45, 2.75) is 69.4 Å². The van der Waals surface area contributed by atoms with Gasteiger partial charge in [-0.2, -0.15) is 0 Å². The SMILES string of the molecule is CCCCNc1nc(SCCC)nc2c1nnn2C1CC(C(=O)NCCC(=O)NC)C(O)C1O. The predicted octanol–water partition coefficient (Wildman–Crippen LogP) is 0.471. The van der Waals surface area contributed by atoms with Crippen LogP contribution in [0.3, 0.4) is 0 Å². The number of unbranched alkanes of at least 4 members (excludes halogenated alkanes) is 1. The van der Waals surface area contributed by atoms with Gasteiger partial charge in [0, 0.05) is 32.3 Å². The molecule has 188 valence electrons. The molecular weight excluding hydrogens is 460 g/mol. The number of thioether (sulfide) groups is 1. The number of hydrogen-bond acceptors (Lipinski definition) is 10. The Labute approximate surface area is 202 Å². The summed E-state index contributed by atoms with van der Waals surface area (Å²) in [7, 11) is 1.52. The van der Waals surface area contributed by atoms with Crippen molar-refractivity contribution in [3.63, 3.8) is 0 Å². The number of anilines is 1. The summed E-state index contributed by atoms with van der Waals surface area (Å²) in [4.78, 5) is 33.2. The molecule has 0 aromatic carbocycles. The highest BCUT2D eigenvalue weighted by Crippen LogP contribution is 2.37. The highest BCUT2D eigenvalue weighted by Gasteiger charge is 2.47. The first-order valence-corrected chi connectivity index (χ1v) is 12.7. The van der Waals surface area contributed by atoms with Gasteiger partial charge in [0.05, 0.1) is 18.1 Å². The molecule has 1 saturated carbocycles. The molecule has 1 aliphatic rings. The summed E-state index contributed by atoms with van der Waals surface area (Å²) in [5.41, 5.74) is 0.932. The Morgan fingerprint density at radius 1 is 1.15 bits per heavy atom. The van der Waals surface area contributed by atoms with Crippen molar-refractivity contribution >= 4 is 40.6 Å². The molecule has 2 aromatic heterocycles. The molecule has 12 nitrogen and oxygen atoms in total. The molecule has 0 radical (unpaired) electrons. The Morgan fingerprint density at radius 2 is 1.94 bits per heavy atom. The fourth-order valence-electron chi connectivity index (χ4n) is 3.86. The van der Waals surface area contributed by atoms with Crippen LogP contribution in [0.1, 0.15) is 52.0 Å². The number of hydrogen-bond donors (Lipinski definition) is 5. The summed E-state index contributed by atoms with van der Waals surface area (Å²) >= 11 is 1.52. The lowest BCUT2D eigenvalue weighted by Gasteiger charge is -2.17. The van der Waals surface area contributed by atoms with Gasteiger partial charge in [-0.25, -0.2) is 14.6 Å². The molecule has 1 fully saturated rings. The van der Waals surface area contributed by atoms with Gasteiger partial charge in [-0.3, -0.25) is 9.59 Å². The smallest absolute Gasteiger partial charge is 0.225 e. The lowest BCUT2D eigenvalue weighted by molar-refractivity contribution is -0.129. The van der Waals surface area contributed by atoms with E-state index < -0.39 is 30.1 Å². The average molecular weight is 495 g/mol. The molecule has 34 heavy (non-hydrogen) atoms. The van der Waals surface area contributed by atoms with Crippen LogP contribution >= 0.6 is 11.8 Å². The van der Waals surface area contributed by atoms with E-state index in [0.29, 0.717) is 22.1 Å². The van der Waals surface area contributed by atoms with Crippen molar-refractivity contribution in [2.75, 3.05) is 31.2 Å². The molecule has 5 N–H and O–H groups in total. The van der Waals surface area contributed by atoms with Gasteiger partial charge >= 0.3 is 0 Å². The summed E-state index contributed by atoms with van der Waals surface area (Å²) in [5.74, 6) is -0.0243. The second-order valence-electron chi connectivity index (χ2n) is 8.29. The van der Waals surface area contributed by atoms with Crippen molar-refractivity contribution in [3.8, 4) is 0 Å². The quantitative estimate of drug-likeness (QED) is 0.159. The predicted molar refractivity (Wildman–Crippen MR) is 128 cm³/mol. The van der Waals surface area contributed by atoms with E-state index in [9.17, 15) is 19.8 Å². The lowest BCUT2D eigenvalue weighted by Crippen LogP contribution is -2.39. The van der Waals surface area contributed by atoms with Gasteiger partial charge in [-0.15, -0.1) is 5.10 Å². The van der Waals surface area contributed by atoms with Crippen LogP contribution in [0, 0.1) is 5.92 Å². The van der Waals surface area contributed by atoms with Crippen LogP contribution in [0.25, 0.3) is 11.2 Å².